The number of benzene rings is 1. The molecule has 1 aromatic heterocycles. The molecular weight excluding hydrogens is 306 g/mol. The standard InChI is InChI=1S/C18H23N3O3/c1-2-13-7-5-6-11-20(13)16(22)10-12-21-15-9-4-3-8-14(15)17(23)19-18(21)24/h3-4,8-9,13H,2,5-7,10-12H2,1H3,(H,19,23,24). The van der Waals surface area contributed by atoms with Crippen LogP contribution in [-0.4, -0.2) is 32.9 Å². The Morgan fingerprint density at radius 2 is 2.04 bits per heavy atom. The van der Waals surface area contributed by atoms with Gasteiger partial charge in [0.1, 0.15) is 0 Å². The molecule has 0 radical (unpaired) electrons. The van der Waals surface area contributed by atoms with Crippen molar-refractivity contribution in [3.63, 3.8) is 0 Å². The summed E-state index contributed by atoms with van der Waals surface area (Å²) in [5.74, 6) is 0.0868. The lowest BCUT2D eigenvalue weighted by Crippen LogP contribution is -2.44. The molecule has 2 heterocycles. The molecule has 6 heteroatoms. The maximum Gasteiger partial charge on any atom is 0.328 e. The minimum absolute atomic E-state index is 0.0868. The highest BCUT2D eigenvalue weighted by Crippen LogP contribution is 2.20. The molecule has 1 aliphatic heterocycles. The Kier molecular flexibility index (Phi) is 4.83. The van der Waals surface area contributed by atoms with Crippen LogP contribution in [0.2, 0.25) is 0 Å². The molecule has 2 aromatic rings. The Morgan fingerprint density at radius 1 is 1.25 bits per heavy atom. The van der Waals surface area contributed by atoms with E-state index in [2.05, 4.69) is 11.9 Å². The van der Waals surface area contributed by atoms with Crippen molar-refractivity contribution >= 4 is 16.8 Å². The van der Waals surface area contributed by atoms with E-state index in [9.17, 15) is 14.4 Å². The SMILES string of the molecule is CCC1CCCCN1C(=O)CCn1c(=O)[nH]c(=O)c2ccccc21. The number of carbonyl (C=O) groups excluding carboxylic acids is 1. The van der Waals surface area contributed by atoms with Gasteiger partial charge in [-0.15, -0.1) is 0 Å². The van der Waals surface area contributed by atoms with Crippen LogP contribution in [0.25, 0.3) is 10.9 Å². The molecule has 1 aromatic carbocycles. The number of fused-ring (bicyclic) bond motifs is 1. The number of aromatic amines is 1. The van der Waals surface area contributed by atoms with Crippen LogP contribution in [0, 0.1) is 0 Å². The van der Waals surface area contributed by atoms with Gasteiger partial charge in [-0.1, -0.05) is 19.1 Å². The molecular formula is C18H23N3O3. The highest BCUT2D eigenvalue weighted by Gasteiger charge is 2.25. The van der Waals surface area contributed by atoms with E-state index in [1.54, 1.807) is 24.3 Å². The predicted molar refractivity (Wildman–Crippen MR) is 93.1 cm³/mol. The average molecular weight is 329 g/mol. The van der Waals surface area contributed by atoms with E-state index in [0.717, 1.165) is 25.8 Å². The van der Waals surface area contributed by atoms with E-state index in [4.69, 9.17) is 0 Å². The number of rotatable bonds is 4. The largest absolute Gasteiger partial charge is 0.340 e. The van der Waals surface area contributed by atoms with Gasteiger partial charge in [0.2, 0.25) is 5.91 Å². The molecule has 128 valence electrons. The maximum absolute atomic E-state index is 12.6. The van der Waals surface area contributed by atoms with Crippen molar-refractivity contribution in [2.45, 2.75) is 51.6 Å². The molecule has 3 rings (SSSR count). The number of para-hydroxylation sites is 1. The molecule has 0 bridgehead atoms. The van der Waals surface area contributed by atoms with Gasteiger partial charge in [0.05, 0.1) is 10.9 Å². The van der Waals surface area contributed by atoms with Crippen LogP contribution < -0.4 is 11.2 Å². The molecule has 1 atom stereocenters. The molecule has 24 heavy (non-hydrogen) atoms. The fourth-order valence-corrected chi connectivity index (χ4v) is 3.57. The average Bonchev–Trinajstić information content (AvgIpc) is 2.61. The Labute approximate surface area is 140 Å². The van der Waals surface area contributed by atoms with Gasteiger partial charge < -0.3 is 4.90 Å². The number of nitrogens with zero attached hydrogens (tertiary/aromatic N) is 2. The van der Waals surface area contributed by atoms with Crippen LogP contribution in [-0.2, 0) is 11.3 Å². The van der Waals surface area contributed by atoms with Crippen molar-refractivity contribution in [1.29, 1.82) is 0 Å². The van der Waals surface area contributed by atoms with Crippen molar-refractivity contribution in [3.05, 3.63) is 45.1 Å². The van der Waals surface area contributed by atoms with Gasteiger partial charge in [-0.05, 0) is 37.8 Å². The van der Waals surface area contributed by atoms with E-state index >= 15 is 0 Å². The topological polar surface area (TPSA) is 75.2 Å². The molecule has 0 aliphatic carbocycles. The highest BCUT2D eigenvalue weighted by molar-refractivity contribution is 5.79. The smallest absolute Gasteiger partial charge is 0.328 e. The summed E-state index contributed by atoms with van der Waals surface area (Å²) in [5.41, 5.74) is -0.276. The Balaban J connectivity index is 1.82. The lowest BCUT2D eigenvalue weighted by atomic mass is 9.99. The third kappa shape index (κ3) is 3.13. The first kappa shape index (κ1) is 16.5. The van der Waals surface area contributed by atoms with Gasteiger partial charge >= 0.3 is 5.69 Å². The first-order valence-corrected chi connectivity index (χ1v) is 8.63. The summed E-state index contributed by atoms with van der Waals surface area (Å²) in [6, 6.07) is 7.29. The number of H-pyrrole nitrogens is 1. The monoisotopic (exact) mass is 329 g/mol. The lowest BCUT2D eigenvalue weighted by Gasteiger charge is -2.35. The maximum atomic E-state index is 12.6. The molecule has 1 saturated heterocycles. The van der Waals surface area contributed by atoms with Crippen molar-refractivity contribution in [2.24, 2.45) is 0 Å². The van der Waals surface area contributed by atoms with Crippen LogP contribution in [0.5, 0.6) is 0 Å². The summed E-state index contributed by atoms with van der Waals surface area (Å²) < 4.78 is 1.49. The summed E-state index contributed by atoms with van der Waals surface area (Å²) in [6.45, 7) is 3.19. The van der Waals surface area contributed by atoms with Gasteiger partial charge in [-0.25, -0.2) is 4.79 Å². The van der Waals surface area contributed by atoms with Gasteiger partial charge in [0, 0.05) is 25.6 Å². The summed E-state index contributed by atoms with van der Waals surface area (Å²) in [6.07, 6.45) is 4.51. The summed E-state index contributed by atoms with van der Waals surface area (Å²) in [7, 11) is 0. The highest BCUT2D eigenvalue weighted by atomic mass is 16.2. The van der Waals surface area contributed by atoms with E-state index in [1.165, 1.54) is 11.0 Å². The van der Waals surface area contributed by atoms with Crippen molar-refractivity contribution in [2.75, 3.05) is 6.54 Å². The Hall–Kier alpha value is -2.37. The number of carbonyl (C=O) groups is 1. The second kappa shape index (κ2) is 7.03. The van der Waals surface area contributed by atoms with Gasteiger partial charge in [0.25, 0.3) is 5.56 Å². The van der Waals surface area contributed by atoms with Crippen LogP contribution in [0.4, 0.5) is 0 Å². The first-order valence-electron chi connectivity index (χ1n) is 8.63. The van der Waals surface area contributed by atoms with Crippen LogP contribution >= 0.6 is 0 Å². The van der Waals surface area contributed by atoms with Crippen molar-refractivity contribution in [3.8, 4) is 0 Å². The molecule has 6 nitrogen and oxygen atoms in total. The van der Waals surface area contributed by atoms with Crippen molar-refractivity contribution in [1.82, 2.24) is 14.5 Å². The number of nitrogens with one attached hydrogen (secondary N) is 1. The van der Waals surface area contributed by atoms with E-state index < -0.39 is 5.69 Å². The molecule has 0 saturated carbocycles. The number of amides is 1. The zero-order valence-electron chi connectivity index (χ0n) is 14.0. The fourth-order valence-electron chi connectivity index (χ4n) is 3.57. The van der Waals surface area contributed by atoms with E-state index in [1.807, 2.05) is 4.90 Å². The normalized spacial score (nSPS) is 18.0. The molecule has 1 unspecified atom stereocenters. The number of aromatic nitrogens is 2. The number of hydrogen-bond donors (Lipinski definition) is 1. The molecule has 0 spiro atoms. The number of likely N-dealkylation sites (tertiary alicyclic amines) is 1. The Bertz CT molecular complexity index is 852. The second-order valence-electron chi connectivity index (χ2n) is 6.32. The first-order chi connectivity index (χ1) is 11.6. The third-order valence-electron chi connectivity index (χ3n) is 4.87. The van der Waals surface area contributed by atoms with Crippen molar-refractivity contribution < 1.29 is 4.79 Å². The zero-order chi connectivity index (χ0) is 17.1. The number of aryl methyl sites for hydroxylation is 1. The number of hydrogen-bond acceptors (Lipinski definition) is 3. The minimum atomic E-state index is -0.461. The van der Waals surface area contributed by atoms with Gasteiger partial charge in [0.15, 0.2) is 0 Å². The third-order valence-corrected chi connectivity index (χ3v) is 4.87. The van der Waals surface area contributed by atoms with Crippen LogP contribution in [0.15, 0.2) is 33.9 Å². The second-order valence-corrected chi connectivity index (χ2v) is 6.32. The minimum Gasteiger partial charge on any atom is -0.340 e. The summed E-state index contributed by atoms with van der Waals surface area (Å²) in [4.78, 5) is 40.9. The fraction of sp³-hybridized carbons (Fsp3) is 0.500. The zero-order valence-corrected chi connectivity index (χ0v) is 14.0. The van der Waals surface area contributed by atoms with E-state index in [-0.39, 0.29) is 24.4 Å². The molecule has 1 amide bonds. The van der Waals surface area contributed by atoms with E-state index in [0.29, 0.717) is 16.9 Å². The number of piperidine rings is 1. The Morgan fingerprint density at radius 3 is 2.83 bits per heavy atom. The van der Waals surface area contributed by atoms with Crippen LogP contribution in [0.3, 0.4) is 0 Å². The molecule has 1 fully saturated rings. The predicted octanol–water partition coefficient (Wildman–Crippen LogP) is 1.87. The molecule has 1 N–H and O–H groups in total. The van der Waals surface area contributed by atoms with Gasteiger partial charge in [-0.2, -0.15) is 0 Å². The molecule has 1 aliphatic rings. The van der Waals surface area contributed by atoms with Gasteiger partial charge in [-0.3, -0.25) is 19.1 Å². The van der Waals surface area contributed by atoms with Crippen LogP contribution in [0.1, 0.15) is 39.0 Å². The lowest BCUT2D eigenvalue weighted by molar-refractivity contribution is -0.135. The summed E-state index contributed by atoms with van der Waals surface area (Å²) in [5, 5.41) is 0.467. The quantitative estimate of drug-likeness (QED) is 0.930. The summed E-state index contributed by atoms with van der Waals surface area (Å²) >= 11 is 0.